The number of aromatic nitrogens is 2. The fraction of sp³-hybridized carbons (Fsp3) is 0.474. The van der Waals surface area contributed by atoms with Gasteiger partial charge in [-0.05, 0) is 31.9 Å². The summed E-state index contributed by atoms with van der Waals surface area (Å²) in [4.78, 5) is 14.0. The van der Waals surface area contributed by atoms with Crippen LogP contribution in [0.2, 0.25) is 0 Å². The van der Waals surface area contributed by atoms with Crippen LogP contribution < -0.4 is 19.9 Å². The molecule has 0 spiro atoms. The van der Waals surface area contributed by atoms with Crippen LogP contribution in [0, 0.1) is 6.92 Å². The summed E-state index contributed by atoms with van der Waals surface area (Å²) < 4.78 is 5.50. The maximum atomic E-state index is 5.50. The summed E-state index contributed by atoms with van der Waals surface area (Å²) in [6.07, 6.45) is 2.49. The van der Waals surface area contributed by atoms with E-state index in [9.17, 15) is 0 Å². The topological polar surface area (TPSA) is 53.5 Å². The first kappa shape index (κ1) is 16.0. The molecule has 0 radical (unpaired) electrons. The van der Waals surface area contributed by atoms with Crippen molar-refractivity contribution in [2.75, 3.05) is 48.4 Å². The van der Waals surface area contributed by atoms with Crippen LogP contribution in [-0.2, 0) is 0 Å². The number of ether oxygens (including phenoxy) is 1. The first-order chi connectivity index (χ1) is 12.2. The Morgan fingerprint density at radius 2 is 1.76 bits per heavy atom. The predicted octanol–water partition coefficient (Wildman–Crippen LogP) is 2.69. The molecule has 2 heterocycles. The molecular weight excluding hydrogens is 314 g/mol. The Bertz CT molecular complexity index is 738. The van der Waals surface area contributed by atoms with Gasteiger partial charge in [-0.15, -0.1) is 0 Å². The molecule has 4 rings (SSSR count). The van der Waals surface area contributed by atoms with Gasteiger partial charge in [-0.2, -0.15) is 4.98 Å². The van der Waals surface area contributed by atoms with E-state index in [-0.39, 0.29) is 0 Å². The van der Waals surface area contributed by atoms with Crippen molar-refractivity contribution in [1.82, 2.24) is 9.97 Å². The van der Waals surface area contributed by atoms with Crippen molar-refractivity contribution in [3.05, 3.63) is 36.0 Å². The summed E-state index contributed by atoms with van der Waals surface area (Å²) in [7, 11) is 1.73. The number of benzene rings is 1. The maximum absolute atomic E-state index is 5.50. The van der Waals surface area contributed by atoms with Gasteiger partial charge in [0.25, 0.3) is 0 Å². The molecule has 1 aromatic heterocycles. The zero-order valence-electron chi connectivity index (χ0n) is 14.9. The van der Waals surface area contributed by atoms with Gasteiger partial charge in [-0.1, -0.05) is 12.1 Å². The van der Waals surface area contributed by atoms with Gasteiger partial charge in [0.1, 0.15) is 11.6 Å². The standard InChI is InChI=1S/C19H25N5O/c1-14-13-18(21-15-7-8-15)22-19(20-14)24-11-9-23(10-12-24)16-5-3-4-6-17(16)25-2/h3-6,13,15H,7-12H2,1-2H3,(H,20,21,22). The van der Waals surface area contributed by atoms with Crippen molar-refractivity contribution in [3.8, 4) is 5.75 Å². The Kier molecular flexibility index (Phi) is 4.34. The largest absolute Gasteiger partial charge is 0.495 e. The summed E-state index contributed by atoms with van der Waals surface area (Å²) in [6, 6.07) is 10.8. The van der Waals surface area contributed by atoms with E-state index in [1.807, 2.05) is 25.1 Å². The van der Waals surface area contributed by atoms with Crippen molar-refractivity contribution < 1.29 is 4.74 Å². The average molecular weight is 339 g/mol. The molecule has 1 N–H and O–H groups in total. The molecular formula is C19H25N5O. The number of para-hydroxylation sites is 2. The lowest BCUT2D eigenvalue weighted by molar-refractivity contribution is 0.413. The van der Waals surface area contributed by atoms with Gasteiger partial charge in [-0.25, -0.2) is 4.98 Å². The van der Waals surface area contributed by atoms with Crippen molar-refractivity contribution in [1.29, 1.82) is 0 Å². The van der Waals surface area contributed by atoms with Crippen molar-refractivity contribution in [3.63, 3.8) is 0 Å². The number of piperazine rings is 1. The Hall–Kier alpha value is -2.50. The van der Waals surface area contributed by atoms with Gasteiger partial charge in [0, 0.05) is 44.0 Å². The predicted molar refractivity (Wildman–Crippen MR) is 101 cm³/mol. The van der Waals surface area contributed by atoms with E-state index in [1.165, 1.54) is 12.8 Å². The van der Waals surface area contributed by atoms with Gasteiger partial charge in [0.05, 0.1) is 12.8 Å². The van der Waals surface area contributed by atoms with E-state index >= 15 is 0 Å². The molecule has 0 unspecified atom stereocenters. The monoisotopic (exact) mass is 339 g/mol. The number of anilines is 3. The number of rotatable bonds is 5. The van der Waals surface area contributed by atoms with E-state index in [2.05, 4.69) is 32.2 Å². The lowest BCUT2D eigenvalue weighted by Crippen LogP contribution is -2.47. The summed E-state index contributed by atoms with van der Waals surface area (Å²) in [6.45, 7) is 5.72. The minimum atomic E-state index is 0.601. The van der Waals surface area contributed by atoms with Crippen molar-refractivity contribution >= 4 is 17.5 Å². The first-order valence-electron chi connectivity index (χ1n) is 8.98. The van der Waals surface area contributed by atoms with Crippen LogP contribution in [0.1, 0.15) is 18.5 Å². The highest BCUT2D eigenvalue weighted by Crippen LogP contribution is 2.29. The van der Waals surface area contributed by atoms with E-state index in [0.717, 1.165) is 55.1 Å². The van der Waals surface area contributed by atoms with E-state index in [4.69, 9.17) is 9.72 Å². The molecule has 25 heavy (non-hydrogen) atoms. The molecule has 2 fully saturated rings. The minimum Gasteiger partial charge on any atom is -0.495 e. The second-order valence-electron chi connectivity index (χ2n) is 6.76. The van der Waals surface area contributed by atoms with Crippen LogP contribution in [0.25, 0.3) is 0 Å². The SMILES string of the molecule is COc1ccccc1N1CCN(c2nc(C)cc(NC3CC3)n2)CC1. The van der Waals surface area contributed by atoms with Crippen LogP contribution in [0.15, 0.2) is 30.3 Å². The molecule has 1 saturated heterocycles. The lowest BCUT2D eigenvalue weighted by Gasteiger charge is -2.36. The number of methoxy groups -OCH3 is 1. The van der Waals surface area contributed by atoms with Gasteiger partial charge in [0.15, 0.2) is 0 Å². The van der Waals surface area contributed by atoms with Crippen LogP contribution in [-0.4, -0.2) is 49.3 Å². The average Bonchev–Trinajstić information content (AvgIpc) is 3.45. The summed E-state index contributed by atoms with van der Waals surface area (Å²) >= 11 is 0. The van der Waals surface area contributed by atoms with E-state index in [0.29, 0.717) is 6.04 Å². The normalized spacial score (nSPS) is 17.5. The second kappa shape index (κ2) is 6.78. The zero-order chi connectivity index (χ0) is 17.2. The second-order valence-corrected chi connectivity index (χ2v) is 6.76. The summed E-state index contributed by atoms with van der Waals surface area (Å²) in [5, 5.41) is 3.48. The van der Waals surface area contributed by atoms with E-state index < -0.39 is 0 Å². The molecule has 2 aliphatic rings. The van der Waals surface area contributed by atoms with Gasteiger partial charge in [0.2, 0.25) is 5.95 Å². The van der Waals surface area contributed by atoms with Crippen LogP contribution in [0.4, 0.5) is 17.5 Å². The Morgan fingerprint density at radius 1 is 1.04 bits per heavy atom. The highest BCUT2D eigenvalue weighted by atomic mass is 16.5. The highest BCUT2D eigenvalue weighted by molar-refractivity contribution is 5.59. The molecule has 132 valence electrons. The number of nitrogens with zero attached hydrogens (tertiary/aromatic N) is 4. The smallest absolute Gasteiger partial charge is 0.227 e. The fourth-order valence-corrected chi connectivity index (χ4v) is 3.24. The van der Waals surface area contributed by atoms with Gasteiger partial charge < -0.3 is 19.9 Å². The summed E-state index contributed by atoms with van der Waals surface area (Å²) in [5.74, 6) is 2.72. The third kappa shape index (κ3) is 3.62. The fourth-order valence-electron chi connectivity index (χ4n) is 3.24. The number of hydrogen-bond acceptors (Lipinski definition) is 6. The third-order valence-corrected chi connectivity index (χ3v) is 4.76. The van der Waals surface area contributed by atoms with Crippen LogP contribution in [0.3, 0.4) is 0 Å². The molecule has 0 bridgehead atoms. The Morgan fingerprint density at radius 3 is 2.48 bits per heavy atom. The Balaban J connectivity index is 1.45. The Labute approximate surface area is 148 Å². The highest BCUT2D eigenvalue weighted by Gasteiger charge is 2.24. The maximum Gasteiger partial charge on any atom is 0.227 e. The van der Waals surface area contributed by atoms with Crippen molar-refractivity contribution in [2.24, 2.45) is 0 Å². The molecule has 6 nitrogen and oxygen atoms in total. The summed E-state index contributed by atoms with van der Waals surface area (Å²) in [5.41, 5.74) is 2.17. The third-order valence-electron chi connectivity index (χ3n) is 4.76. The lowest BCUT2D eigenvalue weighted by atomic mass is 10.2. The molecule has 0 atom stereocenters. The van der Waals surface area contributed by atoms with Crippen molar-refractivity contribution in [2.45, 2.75) is 25.8 Å². The zero-order valence-corrected chi connectivity index (χ0v) is 14.9. The molecule has 1 aliphatic heterocycles. The van der Waals surface area contributed by atoms with Gasteiger partial charge in [-0.3, -0.25) is 0 Å². The van der Waals surface area contributed by atoms with E-state index in [1.54, 1.807) is 7.11 Å². The van der Waals surface area contributed by atoms with Gasteiger partial charge >= 0.3 is 0 Å². The molecule has 2 aromatic rings. The molecule has 6 heteroatoms. The number of hydrogen-bond donors (Lipinski definition) is 1. The van der Waals surface area contributed by atoms with Crippen LogP contribution in [0.5, 0.6) is 5.75 Å². The molecule has 1 aromatic carbocycles. The molecule has 0 amide bonds. The molecule has 1 saturated carbocycles. The quantitative estimate of drug-likeness (QED) is 0.904. The van der Waals surface area contributed by atoms with Crippen LogP contribution >= 0.6 is 0 Å². The first-order valence-corrected chi connectivity index (χ1v) is 8.98. The number of nitrogens with one attached hydrogen (secondary N) is 1. The number of aryl methyl sites for hydroxylation is 1. The molecule has 1 aliphatic carbocycles. The minimum absolute atomic E-state index is 0.601.